The highest BCUT2D eigenvalue weighted by molar-refractivity contribution is 5.01. The zero-order chi connectivity index (χ0) is 13.2. The molecule has 0 fully saturated rings. The van der Waals surface area contributed by atoms with Crippen molar-refractivity contribution < 1.29 is 4.74 Å². The minimum Gasteiger partial charge on any atom is -0.375 e. The Hall–Kier alpha value is -0.0800. The van der Waals surface area contributed by atoms with Gasteiger partial charge in [-0.3, -0.25) is 0 Å². The summed E-state index contributed by atoms with van der Waals surface area (Å²) in [6, 6.07) is 0. The van der Waals surface area contributed by atoms with Crippen molar-refractivity contribution in [2.24, 2.45) is 17.1 Å². The summed E-state index contributed by atoms with van der Waals surface area (Å²) in [5, 5.41) is 0. The first-order valence-electron chi connectivity index (χ1n) is 6.34. The summed E-state index contributed by atoms with van der Waals surface area (Å²) in [6.07, 6.45) is 1.10. The minimum absolute atomic E-state index is 0.0724. The Labute approximate surface area is 102 Å². The minimum atomic E-state index is -0.256. The van der Waals surface area contributed by atoms with Crippen LogP contribution in [-0.2, 0) is 4.74 Å². The van der Waals surface area contributed by atoms with Gasteiger partial charge in [-0.25, -0.2) is 0 Å². The lowest BCUT2D eigenvalue weighted by Crippen LogP contribution is -2.59. The molecular weight excluding hydrogens is 198 g/mol. The smallest absolute Gasteiger partial charge is 0.0694 e. The van der Waals surface area contributed by atoms with Crippen molar-refractivity contribution in [3.63, 3.8) is 0 Å². The quantitative estimate of drug-likeness (QED) is 0.755. The summed E-state index contributed by atoms with van der Waals surface area (Å²) in [4.78, 5) is 0. The molecule has 0 aliphatic heterocycles. The van der Waals surface area contributed by atoms with Gasteiger partial charge >= 0.3 is 0 Å². The Morgan fingerprint density at radius 3 is 1.75 bits per heavy atom. The fourth-order valence-corrected chi connectivity index (χ4v) is 1.51. The number of rotatable bonds is 6. The van der Waals surface area contributed by atoms with Gasteiger partial charge in [-0.1, -0.05) is 27.7 Å². The lowest BCUT2D eigenvalue weighted by atomic mass is 9.65. The Kier molecular flexibility index (Phi) is 5.03. The van der Waals surface area contributed by atoms with Crippen LogP contribution in [0.2, 0.25) is 0 Å². The summed E-state index contributed by atoms with van der Waals surface area (Å²) in [5.74, 6) is 0.685. The second-order valence-corrected chi connectivity index (χ2v) is 6.89. The highest BCUT2D eigenvalue weighted by atomic mass is 16.5. The van der Waals surface area contributed by atoms with Crippen LogP contribution in [0.25, 0.3) is 0 Å². The van der Waals surface area contributed by atoms with E-state index in [2.05, 4.69) is 55.4 Å². The van der Waals surface area contributed by atoms with E-state index in [0.717, 1.165) is 13.0 Å². The average Bonchev–Trinajstić information content (AvgIpc) is 2.00. The molecule has 0 rings (SSSR count). The van der Waals surface area contributed by atoms with E-state index in [1.54, 1.807) is 0 Å². The van der Waals surface area contributed by atoms with Gasteiger partial charge in [-0.2, -0.15) is 0 Å². The van der Waals surface area contributed by atoms with E-state index in [4.69, 9.17) is 10.5 Å². The molecule has 0 aromatic heterocycles. The Bertz CT molecular complexity index is 211. The maximum Gasteiger partial charge on any atom is 0.0694 e. The number of hydrogen-bond acceptors (Lipinski definition) is 2. The standard InChI is InChI=1S/C14H31NO/c1-11(2)9-10-16-14(7,8)12(3,4)13(5,6)15/h11H,9-10,15H2,1-8H3. The zero-order valence-electron chi connectivity index (χ0n) is 12.5. The van der Waals surface area contributed by atoms with E-state index in [1.165, 1.54) is 0 Å². The van der Waals surface area contributed by atoms with Gasteiger partial charge in [0.15, 0.2) is 0 Å². The van der Waals surface area contributed by atoms with Crippen LogP contribution in [0, 0.1) is 11.3 Å². The van der Waals surface area contributed by atoms with Crippen molar-refractivity contribution in [2.75, 3.05) is 6.61 Å². The normalized spacial score (nSPS) is 14.6. The van der Waals surface area contributed by atoms with Crippen LogP contribution in [-0.4, -0.2) is 17.7 Å². The molecule has 2 nitrogen and oxygen atoms in total. The zero-order valence-corrected chi connectivity index (χ0v) is 12.5. The third-order valence-corrected chi connectivity index (χ3v) is 4.27. The molecule has 0 aliphatic carbocycles. The van der Waals surface area contributed by atoms with Gasteiger partial charge in [0.1, 0.15) is 0 Å². The summed E-state index contributed by atoms with van der Waals surface area (Å²) in [7, 11) is 0. The van der Waals surface area contributed by atoms with Crippen LogP contribution < -0.4 is 5.73 Å². The molecule has 0 saturated carbocycles. The second-order valence-electron chi connectivity index (χ2n) is 6.89. The second kappa shape index (κ2) is 5.05. The molecule has 2 N–H and O–H groups in total. The number of nitrogens with two attached hydrogens (primary N) is 1. The summed E-state index contributed by atoms with van der Waals surface area (Å²) in [6.45, 7) is 18.0. The van der Waals surface area contributed by atoms with Crippen molar-refractivity contribution in [3.05, 3.63) is 0 Å². The highest BCUT2D eigenvalue weighted by Gasteiger charge is 2.46. The molecule has 0 radical (unpaired) electrons. The van der Waals surface area contributed by atoms with Crippen molar-refractivity contribution >= 4 is 0 Å². The van der Waals surface area contributed by atoms with Crippen molar-refractivity contribution in [2.45, 2.75) is 73.0 Å². The van der Waals surface area contributed by atoms with E-state index in [0.29, 0.717) is 5.92 Å². The Morgan fingerprint density at radius 2 is 1.44 bits per heavy atom. The third kappa shape index (κ3) is 3.74. The van der Waals surface area contributed by atoms with Crippen LogP contribution in [0.5, 0.6) is 0 Å². The molecule has 0 spiro atoms. The molecule has 0 amide bonds. The van der Waals surface area contributed by atoms with Crippen molar-refractivity contribution in [1.29, 1.82) is 0 Å². The van der Waals surface area contributed by atoms with Crippen LogP contribution in [0.15, 0.2) is 0 Å². The van der Waals surface area contributed by atoms with Gasteiger partial charge in [0, 0.05) is 17.6 Å². The van der Waals surface area contributed by atoms with Gasteiger partial charge in [0.25, 0.3) is 0 Å². The topological polar surface area (TPSA) is 35.2 Å². The lowest BCUT2D eigenvalue weighted by Gasteiger charge is -2.49. The molecule has 0 heterocycles. The molecular formula is C14H31NO. The molecule has 0 aromatic rings. The number of hydrogen-bond donors (Lipinski definition) is 1. The SMILES string of the molecule is CC(C)CCOC(C)(C)C(C)(C)C(C)(C)N. The molecule has 0 saturated heterocycles. The Balaban J connectivity index is 4.53. The monoisotopic (exact) mass is 229 g/mol. The summed E-state index contributed by atoms with van der Waals surface area (Å²) < 4.78 is 6.05. The molecule has 16 heavy (non-hydrogen) atoms. The predicted molar refractivity (Wildman–Crippen MR) is 71.5 cm³/mol. The van der Waals surface area contributed by atoms with E-state index >= 15 is 0 Å². The van der Waals surface area contributed by atoms with Crippen LogP contribution in [0.4, 0.5) is 0 Å². The molecule has 0 aliphatic rings. The maximum absolute atomic E-state index is 6.25. The van der Waals surface area contributed by atoms with Gasteiger partial charge in [-0.15, -0.1) is 0 Å². The molecule has 98 valence electrons. The fraction of sp³-hybridized carbons (Fsp3) is 1.00. The predicted octanol–water partition coefficient (Wildman–Crippen LogP) is 3.59. The van der Waals surface area contributed by atoms with E-state index in [9.17, 15) is 0 Å². The van der Waals surface area contributed by atoms with Crippen LogP contribution in [0.1, 0.15) is 61.8 Å². The van der Waals surface area contributed by atoms with Crippen LogP contribution in [0.3, 0.4) is 0 Å². The molecule has 0 unspecified atom stereocenters. The van der Waals surface area contributed by atoms with Gasteiger partial charge in [-0.05, 0) is 40.0 Å². The van der Waals surface area contributed by atoms with Crippen molar-refractivity contribution in [3.8, 4) is 0 Å². The highest BCUT2D eigenvalue weighted by Crippen LogP contribution is 2.41. The molecule has 0 bridgehead atoms. The van der Waals surface area contributed by atoms with Gasteiger partial charge in [0.05, 0.1) is 5.60 Å². The maximum atomic E-state index is 6.25. The van der Waals surface area contributed by atoms with E-state index in [-0.39, 0.29) is 16.6 Å². The van der Waals surface area contributed by atoms with Gasteiger partial charge < -0.3 is 10.5 Å². The van der Waals surface area contributed by atoms with E-state index in [1.807, 2.05) is 0 Å². The third-order valence-electron chi connectivity index (χ3n) is 4.27. The number of ether oxygens (including phenoxy) is 1. The van der Waals surface area contributed by atoms with Crippen molar-refractivity contribution in [1.82, 2.24) is 0 Å². The fourth-order valence-electron chi connectivity index (χ4n) is 1.51. The molecule has 0 aromatic carbocycles. The molecule has 2 heteroatoms. The van der Waals surface area contributed by atoms with Crippen LogP contribution >= 0.6 is 0 Å². The summed E-state index contributed by atoms with van der Waals surface area (Å²) >= 11 is 0. The first-order chi connectivity index (χ1) is 6.92. The largest absolute Gasteiger partial charge is 0.375 e. The lowest BCUT2D eigenvalue weighted by molar-refractivity contribution is -0.124. The summed E-state index contributed by atoms with van der Waals surface area (Å²) in [5.41, 5.74) is 5.71. The molecule has 0 atom stereocenters. The average molecular weight is 229 g/mol. The first-order valence-corrected chi connectivity index (χ1v) is 6.34. The van der Waals surface area contributed by atoms with E-state index < -0.39 is 0 Å². The first kappa shape index (κ1) is 15.9. The Morgan fingerprint density at radius 1 is 1.00 bits per heavy atom. The van der Waals surface area contributed by atoms with Gasteiger partial charge in [0.2, 0.25) is 0 Å².